The zero-order chi connectivity index (χ0) is 12.8. The van der Waals surface area contributed by atoms with Crippen LogP contribution in [0.3, 0.4) is 0 Å². The lowest BCUT2D eigenvalue weighted by molar-refractivity contribution is 0.308. The van der Waals surface area contributed by atoms with Crippen molar-refractivity contribution in [3.8, 4) is 6.01 Å². The number of ether oxygens (including phenoxy) is 1. The fourth-order valence-corrected chi connectivity index (χ4v) is 2.12. The molecule has 0 bridgehead atoms. The van der Waals surface area contributed by atoms with Crippen molar-refractivity contribution in [2.45, 2.75) is 17.8 Å². The van der Waals surface area contributed by atoms with E-state index in [1.807, 2.05) is 25.1 Å². The molecule has 5 nitrogen and oxygen atoms in total. The molecule has 2 N–H and O–H groups in total. The molecule has 1 aromatic carbocycles. The smallest absolute Gasteiger partial charge is 0.322 e. The van der Waals surface area contributed by atoms with E-state index in [2.05, 4.69) is 27.1 Å². The predicted molar refractivity (Wildman–Crippen MR) is 71.4 cm³/mol. The molecule has 0 aliphatic carbocycles. The van der Waals surface area contributed by atoms with Gasteiger partial charge in [0.2, 0.25) is 5.95 Å². The molecule has 0 unspecified atom stereocenters. The van der Waals surface area contributed by atoms with Crippen LogP contribution in [0.2, 0.25) is 0 Å². The van der Waals surface area contributed by atoms with Crippen molar-refractivity contribution >= 4 is 17.7 Å². The first kappa shape index (κ1) is 12.6. The van der Waals surface area contributed by atoms with E-state index >= 15 is 0 Å². The van der Waals surface area contributed by atoms with Gasteiger partial charge in [-0.05, 0) is 12.5 Å². The van der Waals surface area contributed by atoms with Gasteiger partial charge in [0.15, 0.2) is 5.16 Å². The van der Waals surface area contributed by atoms with Crippen LogP contribution < -0.4 is 10.5 Å². The molecule has 1 heterocycles. The summed E-state index contributed by atoms with van der Waals surface area (Å²) in [4.78, 5) is 12.1. The lowest BCUT2D eigenvalue weighted by Gasteiger charge is -2.04. The topological polar surface area (TPSA) is 73.9 Å². The summed E-state index contributed by atoms with van der Waals surface area (Å²) in [6.45, 7) is 2.38. The van der Waals surface area contributed by atoms with Gasteiger partial charge in [0, 0.05) is 5.75 Å². The summed E-state index contributed by atoms with van der Waals surface area (Å²) in [6, 6.07) is 10.4. The molecule has 6 heteroatoms. The second-order valence-electron chi connectivity index (χ2n) is 3.47. The van der Waals surface area contributed by atoms with Gasteiger partial charge < -0.3 is 10.5 Å². The van der Waals surface area contributed by atoms with Gasteiger partial charge in [0.05, 0.1) is 6.61 Å². The molecule has 0 fully saturated rings. The third kappa shape index (κ3) is 3.59. The monoisotopic (exact) mass is 262 g/mol. The number of benzene rings is 1. The van der Waals surface area contributed by atoms with Crippen LogP contribution in [0.1, 0.15) is 12.5 Å². The number of nitrogen functional groups attached to an aromatic ring is 1. The molecule has 0 saturated heterocycles. The minimum Gasteiger partial charge on any atom is -0.464 e. The minimum atomic E-state index is 0.184. The van der Waals surface area contributed by atoms with Gasteiger partial charge in [0.1, 0.15) is 0 Å². The highest BCUT2D eigenvalue weighted by atomic mass is 32.2. The van der Waals surface area contributed by atoms with E-state index in [1.54, 1.807) is 0 Å². The van der Waals surface area contributed by atoms with Gasteiger partial charge in [-0.3, -0.25) is 0 Å². The van der Waals surface area contributed by atoms with Crippen LogP contribution >= 0.6 is 11.8 Å². The first-order valence-corrected chi connectivity index (χ1v) is 6.57. The van der Waals surface area contributed by atoms with Gasteiger partial charge in [-0.25, -0.2) is 0 Å². The number of nitrogens with two attached hydrogens (primary N) is 1. The summed E-state index contributed by atoms with van der Waals surface area (Å²) >= 11 is 1.51. The Morgan fingerprint density at radius 1 is 1.17 bits per heavy atom. The largest absolute Gasteiger partial charge is 0.464 e. The summed E-state index contributed by atoms with van der Waals surface area (Å²) in [7, 11) is 0. The molecule has 18 heavy (non-hydrogen) atoms. The van der Waals surface area contributed by atoms with Gasteiger partial charge in [-0.1, -0.05) is 42.1 Å². The van der Waals surface area contributed by atoms with Gasteiger partial charge in [-0.2, -0.15) is 15.0 Å². The van der Waals surface area contributed by atoms with Crippen molar-refractivity contribution in [3.05, 3.63) is 35.9 Å². The number of aromatic nitrogens is 3. The van der Waals surface area contributed by atoms with E-state index in [0.29, 0.717) is 11.8 Å². The second-order valence-corrected chi connectivity index (χ2v) is 4.41. The second kappa shape index (κ2) is 6.20. The molecule has 1 aromatic heterocycles. The van der Waals surface area contributed by atoms with Crippen LogP contribution in [0.15, 0.2) is 35.5 Å². The molecule has 2 aromatic rings. The van der Waals surface area contributed by atoms with Crippen molar-refractivity contribution in [1.29, 1.82) is 0 Å². The molecule has 0 atom stereocenters. The molecule has 94 valence electrons. The zero-order valence-corrected chi connectivity index (χ0v) is 10.9. The lowest BCUT2D eigenvalue weighted by Crippen LogP contribution is -2.04. The summed E-state index contributed by atoms with van der Waals surface area (Å²) in [5.74, 6) is 0.972. The summed E-state index contributed by atoms with van der Waals surface area (Å²) in [6.07, 6.45) is 0. The van der Waals surface area contributed by atoms with Crippen molar-refractivity contribution in [2.75, 3.05) is 12.3 Å². The van der Waals surface area contributed by atoms with Crippen molar-refractivity contribution in [2.24, 2.45) is 0 Å². The molecule has 0 saturated carbocycles. The van der Waals surface area contributed by atoms with Crippen molar-refractivity contribution < 1.29 is 4.74 Å². The molecule has 0 spiro atoms. The molecular weight excluding hydrogens is 248 g/mol. The highest BCUT2D eigenvalue weighted by Gasteiger charge is 2.05. The number of rotatable bonds is 5. The van der Waals surface area contributed by atoms with E-state index in [4.69, 9.17) is 10.5 Å². The van der Waals surface area contributed by atoms with Crippen LogP contribution in [-0.4, -0.2) is 21.6 Å². The summed E-state index contributed by atoms with van der Waals surface area (Å²) < 4.78 is 5.22. The van der Waals surface area contributed by atoms with E-state index in [0.717, 1.165) is 5.75 Å². The Bertz CT molecular complexity index is 507. The quantitative estimate of drug-likeness (QED) is 0.832. The Kier molecular flexibility index (Phi) is 4.35. The molecule has 0 amide bonds. The third-order valence-corrected chi connectivity index (χ3v) is 3.01. The van der Waals surface area contributed by atoms with Crippen molar-refractivity contribution in [3.63, 3.8) is 0 Å². The van der Waals surface area contributed by atoms with Crippen LogP contribution in [-0.2, 0) is 5.75 Å². The summed E-state index contributed by atoms with van der Waals surface area (Å²) in [5.41, 5.74) is 6.81. The highest BCUT2D eigenvalue weighted by molar-refractivity contribution is 7.98. The average Bonchev–Trinajstić information content (AvgIpc) is 2.37. The fraction of sp³-hybridized carbons (Fsp3) is 0.250. The Hall–Kier alpha value is -1.82. The van der Waals surface area contributed by atoms with Crippen LogP contribution in [0.25, 0.3) is 0 Å². The van der Waals surface area contributed by atoms with Crippen LogP contribution in [0.5, 0.6) is 6.01 Å². The Morgan fingerprint density at radius 3 is 2.67 bits per heavy atom. The third-order valence-electron chi connectivity index (χ3n) is 2.10. The Labute approximate surface area is 110 Å². The molecule has 0 radical (unpaired) electrons. The maximum Gasteiger partial charge on any atom is 0.322 e. The number of nitrogens with zero attached hydrogens (tertiary/aromatic N) is 3. The summed E-state index contributed by atoms with van der Waals surface area (Å²) in [5, 5.41) is 0.579. The standard InChI is InChI=1S/C12H14N4OS/c1-2-17-11-14-10(13)15-12(16-11)18-8-9-6-4-3-5-7-9/h3-7H,2,8H2,1H3,(H2,13,14,15,16). The normalized spacial score (nSPS) is 10.3. The van der Waals surface area contributed by atoms with E-state index in [-0.39, 0.29) is 12.0 Å². The van der Waals surface area contributed by atoms with Crippen LogP contribution in [0.4, 0.5) is 5.95 Å². The number of hydrogen-bond acceptors (Lipinski definition) is 6. The average molecular weight is 262 g/mol. The van der Waals surface area contributed by atoms with E-state index in [9.17, 15) is 0 Å². The van der Waals surface area contributed by atoms with Gasteiger partial charge in [-0.15, -0.1) is 0 Å². The Balaban J connectivity index is 2.05. The number of thioether (sulfide) groups is 1. The SMILES string of the molecule is CCOc1nc(N)nc(SCc2ccccc2)n1. The maximum atomic E-state index is 5.60. The molecule has 2 rings (SSSR count). The maximum absolute atomic E-state index is 5.60. The van der Waals surface area contributed by atoms with E-state index in [1.165, 1.54) is 17.3 Å². The molecule has 0 aliphatic heterocycles. The van der Waals surface area contributed by atoms with Crippen molar-refractivity contribution in [1.82, 2.24) is 15.0 Å². The lowest BCUT2D eigenvalue weighted by atomic mass is 10.2. The number of hydrogen-bond donors (Lipinski definition) is 1. The minimum absolute atomic E-state index is 0.184. The van der Waals surface area contributed by atoms with Crippen LogP contribution in [0, 0.1) is 0 Å². The number of anilines is 1. The zero-order valence-electron chi connectivity index (χ0n) is 10.0. The highest BCUT2D eigenvalue weighted by Crippen LogP contribution is 2.20. The molecular formula is C12H14N4OS. The first-order valence-electron chi connectivity index (χ1n) is 5.59. The predicted octanol–water partition coefficient (Wildman–Crippen LogP) is 2.14. The van der Waals surface area contributed by atoms with Gasteiger partial charge in [0.25, 0.3) is 0 Å². The first-order chi connectivity index (χ1) is 8.78. The fourth-order valence-electron chi connectivity index (χ4n) is 1.33. The Morgan fingerprint density at radius 2 is 1.94 bits per heavy atom. The van der Waals surface area contributed by atoms with E-state index < -0.39 is 0 Å². The molecule has 0 aliphatic rings. The van der Waals surface area contributed by atoms with Gasteiger partial charge >= 0.3 is 6.01 Å².